The standard InChI is InChI=1S/C21H20BrNO2/c22-19-11-4-2-7-16(19)12-13-21(25)23-14-20(24)18-10-5-8-15-6-1-3-9-17(15)18/h1-11,20,24H,12-14H2,(H,23,25). The molecule has 0 fully saturated rings. The van der Waals surface area contributed by atoms with Crippen molar-refractivity contribution in [2.24, 2.45) is 0 Å². The zero-order valence-corrected chi connectivity index (χ0v) is 15.4. The van der Waals surface area contributed by atoms with Gasteiger partial charge >= 0.3 is 0 Å². The molecule has 0 aliphatic rings. The van der Waals surface area contributed by atoms with E-state index in [1.807, 2.05) is 66.7 Å². The summed E-state index contributed by atoms with van der Waals surface area (Å²) in [6.45, 7) is 0.211. The summed E-state index contributed by atoms with van der Waals surface area (Å²) in [5, 5.41) is 15.4. The molecule has 0 saturated heterocycles. The number of aliphatic hydroxyl groups is 1. The van der Waals surface area contributed by atoms with E-state index in [0.717, 1.165) is 26.4 Å². The fourth-order valence-electron chi connectivity index (χ4n) is 2.90. The van der Waals surface area contributed by atoms with E-state index in [1.165, 1.54) is 0 Å². The van der Waals surface area contributed by atoms with Crippen LogP contribution in [-0.4, -0.2) is 17.6 Å². The second kappa shape index (κ2) is 8.28. The number of benzene rings is 3. The summed E-state index contributed by atoms with van der Waals surface area (Å²) < 4.78 is 1.01. The minimum Gasteiger partial charge on any atom is -0.387 e. The Hall–Kier alpha value is -2.17. The Kier molecular flexibility index (Phi) is 5.84. The number of rotatable bonds is 6. The molecule has 1 atom stereocenters. The molecule has 0 spiro atoms. The Labute approximate surface area is 155 Å². The van der Waals surface area contributed by atoms with Crippen LogP contribution in [0.15, 0.2) is 71.2 Å². The van der Waals surface area contributed by atoms with E-state index in [1.54, 1.807) is 0 Å². The van der Waals surface area contributed by atoms with Crippen molar-refractivity contribution in [2.75, 3.05) is 6.54 Å². The molecule has 0 radical (unpaired) electrons. The van der Waals surface area contributed by atoms with Gasteiger partial charge in [-0.1, -0.05) is 76.6 Å². The Morgan fingerprint density at radius 1 is 1.00 bits per heavy atom. The van der Waals surface area contributed by atoms with Crippen molar-refractivity contribution < 1.29 is 9.90 Å². The van der Waals surface area contributed by atoms with Crippen molar-refractivity contribution in [1.29, 1.82) is 0 Å². The van der Waals surface area contributed by atoms with Crippen LogP contribution in [0.25, 0.3) is 10.8 Å². The minimum absolute atomic E-state index is 0.0601. The summed E-state index contributed by atoms with van der Waals surface area (Å²) >= 11 is 3.49. The van der Waals surface area contributed by atoms with Crippen LogP contribution >= 0.6 is 15.9 Å². The molecule has 3 aromatic rings. The summed E-state index contributed by atoms with van der Waals surface area (Å²) in [6, 6.07) is 21.7. The van der Waals surface area contributed by atoms with Crippen molar-refractivity contribution in [1.82, 2.24) is 5.32 Å². The van der Waals surface area contributed by atoms with E-state index in [2.05, 4.69) is 21.2 Å². The van der Waals surface area contributed by atoms with E-state index in [0.29, 0.717) is 12.8 Å². The predicted octanol–water partition coefficient (Wildman–Crippen LogP) is 4.38. The summed E-state index contributed by atoms with van der Waals surface area (Å²) in [4.78, 5) is 12.1. The number of carbonyl (C=O) groups is 1. The molecular formula is C21H20BrNO2. The van der Waals surface area contributed by atoms with Crippen LogP contribution in [0, 0.1) is 0 Å². The van der Waals surface area contributed by atoms with Crippen LogP contribution in [0.5, 0.6) is 0 Å². The molecule has 1 unspecified atom stereocenters. The highest BCUT2D eigenvalue weighted by Crippen LogP contribution is 2.24. The molecule has 3 nitrogen and oxygen atoms in total. The SMILES string of the molecule is O=C(CCc1ccccc1Br)NCC(O)c1cccc2ccccc12. The van der Waals surface area contributed by atoms with Gasteiger partial charge in [-0.2, -0.15) is 0 Å². The van der Waals surface area contributed by atoms with Gasteiger partial charge in [0.05, 0.1) is 6.10 Å². The second-order valence-corrected chi connectivity index (χ2v) is 6.83. The maximum atomic E-state index is 12.1. The molecule has 2 N–H and O–H groups in total. The van der Waals surface area contributed by atoms with Crippen LogP contribution in [-0.2, 0) is 11.2 Å². The fourth-order valence-corrected chi connectivity index (χ4v) is 3.38. The number of halogens is 1. The number of aryl methyl sites for hydroxylation is 1. The normalized spacial score (nSPS) is 12.1. The maximum Gasteiger partial charge on any atom is 0.220 e. The van der Waals surface area contributed by atoms with Gasteiger partial charge in [0, 0.05) is 17.4 Å². The maximum absolute atomic E-state index is 12.1. The van der Waals surface area contributed by atoms with Crippen molar-refractivity contribution >= 4 is 32.6 Å². The molecule has 1 amide bonds. The molecule has 0 saturated carbocycles. The first kappa shape index (κ1) is 17.6. The van der Waals surface area contributed by atoms with Gasteiger partial charge in [0.2, 0.25) is 5.91 Å². The van der Waals surface area contributed by atoms with Gasteiger partial charge in [-0.3, -0.25) is 4.79 Å². The van der Waals surface area contributed by atoms with Gasteiger partial charge in [-0.25, -0.2) is 0 Å². The number of nitrogens with one attached hydrogen (secondary N) is 1. The molecule has 0 bridgehead atoms. The van der Waals surface area contributed by atoms with Gasteiger partial charge in [0.15, 0.2) is 0 Å². The van der Waals surface area contributed by atoms with Gasteiger partial charge in [0.25, 0.3) is 0 Å². The zero-order chi connectivity index (χ0) is 17.6. The lowest BCUT2D eigenvalue weighted by atomic mass is 10.0. The van der Waals surface area contributed by atoms with Gasteiger partial charge in [0.1, 0.15) is 0 Å². The zero-order valence-electron chi connectivity index (χ0n) is 13.8. The molecule has 3 aromatic carbocycles. The first-order valence-corrected chi connectivity index (χ1v) is 9.10. The van der Waals surface area contributed by atoms with E-state index in [9.17, 15) is 9.90 Å². The van der Waals surface area contributed by atoms with Crippen molar-refractivity contribution in [2.45, 2.75) is 18.9 Å². The first-order valence-electron chi connectivity index (χ1n) is 8.31. The predicted molar refractivity (Wildman–Crippen MR) is 104 cm³/mol. The summed E-state index contributed by atoms with van der Waals surface area (Å²) in [6.07, 6.45) is 0.334. The first-order chi connectivity index (χ1) is 12.1. The number of aliphatic hydroxyl groups excluding tert-OH is 1. The van der Waals surface area contributed by atoms with Gasteiger partial charge in [-0.05, 0) is 34.4 Å². The molecule has 0 aliphatic carbocycles. The van der Waals surface area contributed by atoms with E-state index >= 15 is 0 Å². The molecular weight excluding hydrogens is 378 g/mol. The van der Waals surface area contributed by atoms with E-state index in [-0.39, 0.29) is 12.5 Å². The van der Waals surface area contributed by atoms with E-state index < -0.39 is 6.10 Å². The number of hydrogen-bond acceptors (Lipinski definition) is 2. The van der Waals surface area contributed by atoms with Gasteiger partial charge < -0.3 is 10.4 Å². The Balaban J connectivity index is 1.57. The third-order valence-corrected chi connectivity index (χ3v) is 5.03. The number of fused-ring (bicyclic) bond motifs is 1. The smallest absolute Gasteiger partial charge is 0.220 e. The van der Waals surface area contributed by atoms with Crippen LogP contribution in [0.3, 0.4) is 0 Å². The highest BCUT2D eigenvalue weighted by Gasteiger charge is 2.12. The molecule has 0 aliphatic heterocycles. The minimum atomic E-state index is -0.724. The molecule has 4 heteroatoms. The summed E-state index contributed by atoms with van der Waals surface area (Å²) in [7, 11) is 0. The monoisotopic (exact) mass is 397 g/mol. The van der Waals surface area contributed by atoms with E-state index in [4.69, 9.17) is 0 Å². The Morgan fingerprint density at radius 2 is 1.72 bits per heavy atom. The third-order valence-electron chi connectivity index (χ3n) is 4.25. The van der Waals surface area contributed by atoms with Crippen molar-refractivity contribution in [3.8, 4) is 0 Å². The second-order valence-electron chi connectivity index (χ2n) is 5.98. The Bertz CT molecular complexity index is 873. The highest BCUT2D eigenvalue weighted by atomic mass is 79.9. The lowest BCUT2D eigenvalue weighted by Crippen LogP contribution is -2.28. The summed E-state index contributed by atoms with van der Waals surface area (Å²) in [5.41, 5.74) is 1.94. The third kappa shape index (κ3) is 4.47. The van der Waals surface area contributed by atoms with Crippen molar-refractivity contribution in [3.05, 3.63) is 82.3 Å². The van der Waals surface area contributed by atoms with Crippen molar-refractivity contribution in [3.63, 3.8) is 0 Å². The quantitative estimate of drug-likeness (QED) is 0.647. The largest absolute Gasteiger partial charge is 0.387 e. The average Bonchev–Trinajstić information content (AvgIpc) is 2.65. The molecule has 3 rings (SSSR count). The number of hydrogen-bond donors (Lipinski definition) is 2. The fraction of sp³-hybridized carbons (Fsp3) is 0.190. The number of carbonyl (C=O) groups excluding carboxylic acids is 1. The van der Waals surface area contributed by atoms with Crippen LogP contribution in [0.1, 0.15) is 23.7 Å². The molecule has 0 heterocycles. The lowest BCUT2D eigenvalue weighted by Gasteiger charge is -2.15. The number of amides is 1. The average molecular weight is 398 g/mol. The van der Waals surface area contributed by atoms with Gasteiger partial charge in [-0.15, -0.1) is 0 Å². The van der Waals surface area contributed by atoms with Crippen LogP contribution < -0.4 is 5.32 Å². The topological polar surface area (TPSA) is 49.3 Å². The highest BCUT2D eigenvalue weighted by molar-refractivity contribution is 9.10. The van der Waals surface area contributed by atoms with Crippen LogP contribution in [0.4, 0.5) is 0 Å². The Morgan fingerprint density at radius 3 is 2.56 bits per heavy atom. The lowest BCUT2D eigenvalue weighted by molar-refractivity contribution is -0.121. The molecule has 25 heavy (non-hydrogen) atoms. The summed E-state index contributed by atoms with van der Waals surface area (Å²) in [5.74, 6) is -0.0601. The van der Waals surface area contributed by atoms with Crippen LogP contribution in [0.2, 0.25) is 0 Å². The molecule has 128 valence electrons. The molecule has 0 aromatic heterocycles.